The average molecular weight is 424 g/mol. The number of alkyl halides is 3. The fourth-order valence-electron chi connectivity index (χ4n) is 3.44. The molecule has 2 atom stereocenters. The largest absolute Gasteiger partial charge is 0.411 e. The number of aryl methyl sites for hydroxylation is 1. The average Bonchev–Trinajstić information content (AvgIpc) is 3.13. The molecule has 4 rings (SSSR count). The van der Waals surface area contributed by atoms with Crippen LogP contribution in [-0.2, 0) is 11.3 Å². The summed E-state index contributed by atoms with van der Waals surface area (Å²) in [4.78, 5) is 16.9. The number of rotatable bonds is 5. The minimum atomic E-state index is -4.35. The highest BCUT2D eigenvalue weighted by Crippen LogP contribution is 2.27. The lowest BCUT2D eigenvalue weighted by atomic mass is 9.90. The molecule has 160 valence electrons. The summed E-state index contributed by atoms with van der Waals surface area (Å²) in [6, 6.07) is 5.33. The highest BCUT2D eigenvalue weighted by atomic mass is 19.4. The van der Waals surface area contributed by atoms with Crippen LogP contribution in [0, 0.1) is 6.92 Å². The highest BCUT2D eigenvalue weighted by Gasteiger charge is 2.31. The van der Waals surface area contributed by atoms with Crippen LogP contribution in [0.2, 0.25) is 0 Å². The second-order valence-electron chi connectivity index (χ2n) is 7.16. The molecule has 2 unspecified atom stereocenters. The van der Waals surface area contributed by atoms with Gasteiger partial charge in [0.05, 0.1) is 5.39 Å². The van der Waals surface area contributed by atoms with Crippen LogP contribution >= 0.6 is 0 Å². The second-order valence-corrected chi connectivity index (χ2v) is 7.16. The monoisotopic (exact) mass is 424 g/mol. The van der Waals surface area contributed by atoms with E-state index in [0.717, 1.165) is 10.2 Å². The molecule has 1 aliphatic rings. The van der Waals surface area contributed by atoms with Crippen molar-refractivity contribution in [2.75, 3.05) is 13.2 Å². The van der Waals surface area contributed by atoms with Crippen molar-refractivity contribution in [3.05, 3.63) is 45.8 Å². The summed E-state index contributed by atoms with van der Waals surface area (Å²) in [5.74, 6) is 0.748. The molecular formula is C18H19F3N6O3. The van der Waals surface area contributed by atoms with E-state index in [0.29, 0.717) is 42.0 Å². The van der Waals surface area contributed by atoms with Crippen molar-refractivity contribution in [3.8, 4) is 0 Å². The van der Waals surface area contributed by atoms with Gasteiger partial charge in [0.25, 0.3) is 5.56 Å². The molecule has 0 spiro atoms. The normalized spacial score (nSPS) is 20.0. The van der Waals surface area contributed by atoms with Crippen molar-refractivity contribution < 1.29 is 22.4 Å². The van der Waals surface area contributed by atoms with Crippen LogP contribution in [0.5, 0.6) is 0 Å². The van der Waals surface area contributed by atoms with E-state index in [4.69, 9.17) is 9.26 Å². The number of piperidine rings is 1. The maximum atomic E-state index is 12.8. The topological polar surface area (TPSA) is 108 Å². The molecule has 0 saturated carbocycles. The fourth-order valence-corrected chi connectivity index (χ4v) is 3.44. The first-order chi connectivity index (χ1) is 14.3. The van der Waals surface area contributed by atoms with Gasteiger partial charge in [-0.3, -0.25) is 10.1 Å². The Bertz CT molecular complexity index is 1090. The van der Waals surface area contributed by atoms with Crippen molar-refractivity contribution in [1.82, 2.24) is 30.5 Å². The van der Waals surface area contributed by atoms with Crippen molar-refractivity contribution >= 4 is 10.9 Å². The smallest absolute Gasteiger partial charge is 0.354 e. The summed E-state index contributed by atoms with van der Waals surface area (Å²) in [6.45, 7) is 0.855. The number of nitrogens with zero attached hydrogens (tertiary/aromatic N) is 5. The molecule has 12 heteroatoms. The van der Waals surface area contributed by atoms with Gasteiger partial charge in [-0.15, -0.1) is 5.10 Å². The Balaban J connectivity index is 1.49. The Hall–Kier alpha value is -2.86. The van der Waals surface area contributed by atoms with Gasteiger partial charge in [0.15, 0.2) is 5.82 Å². The van der Waals surface area contributed by atoms with Gasteiger partial charge in [0.1, 0.15) is 24.9 Å². The van der Waals surface area contributed by atoms with Crippen LogP contribution in [0.25, 0.3) is 10.9 Å². The van der Waals surface area contributed by atoms with E-state index >= 15 is 0 Å². The summed E-state index contributed by atoms with van der Waals surface area (Å²) in [6.07, 6.45) is -3.91. The summed E-state index contributed by atoms with van der Waals surface area (Å²) in [5, 5.41) is 15.1. The van der Waals surface area contributed by atoms with Gasteiger partial charge in [-0.2, -0.15) is 18.2 Å². The standard InChI is InChI=1S/C18H19F3N6O3/c1-10-23-15(25-30-10)8-27-17(28)13-6-11(2-4-14(13)24-26-27)12-3-5-16(22-7-12)29-9-18(19,20)21/h2,4,6,12,16,22H,3,5,7-9H2,1H3. The molecule has 1 fully saturated rings. The third kappa shape index (κ3) is 4.65. The van der Waals surface area contributed by atoms with Crippen LogP contribution in [0.15, 0.2) is 27.5 Å². The van der Waals surface area contributed by atoms with E-state index in [9.17, 15) is 18.0 Å². The zero-order chi connectivity index (χ0) is 21.3. The molecule has 0 aliphatic carbocycles. The van der Waals surface area contributed by atoms with Crippen LogP contribution in [0.4, 0.5) is 13.2 Å². The van der Waals surface area contributed by atoms with Crippen LogP contribution in [-0.4, -0.2) is 50.7 Å². The highest BCUT2D eigenvalue weighted by molar-refractivity contribution is 5.77. The summed E-state index contributed by atoms with van der Waals surface area (Å²) < 4.78 is 47.8. The molecule has 0 radical (unpaired) electrons. The number of hydrogen-bond acceptors (Lipinski definition) is 8. The van der Waals surface area contributed by atoms with Gasteiger partial charge >= 0.3 is 6.18 Å². The van der Waals surface area contributed by atoms with E-state index in [2.05, 4.69) is 25.8 Å². The van der Waals surface area contributed by atoms with Gasteiger partial charge in [0, 0.05) is 13.5 Å². The van der Waals surface area contributed by atoms with Gasteiger partial charge in [0.2, 0.25) is 5.89 Å². The first-order valence-electron chi connectivity index (χ1n) is 9.37. The minimum absolute atomic E-state index is 0.0343. The molecule has 1 aliphatic heterocycles. The van der Waals surface area contributed by atoms with Crippen molar-refractivity contribution in [2.45, 2.75) is 44.6 Å². The van der Waals surface area contributed by atoms with E-state index < -0.39 is 19.0 Å². The van der Waals surface area contributed by atoms with E-state index in [1.54, 1.807) is 19.1 Å². The van der Waals surface area contributed by atoms with Gasteiger partial charge in [-0.1, -0.05) is 16.4 Å². The number of aromatic nitrogens is 5. The van der Waals surface area contributed by atoms with Crippen molar-refractivity contribution in [1.29, 1.82) is 0 Å². The quantitative estimate of drug-likeness (QED) is 0.662. The lowest BCUT2D eigenvalue weighted by Crippen LogP contribution is -2.41. The number of benzene rings is 1. The Morgan fingerprint density at radius 1 is 1.33 bits per heavy atom. The molecule has 30 heavy (non-hydrogen) atoms. The third-order valence-electron chi connectivity index (χ3n) is 4.90. The maximum absolute atomic E-state index is 12.8. The Morgan fingerprint density at radius 2 is 2.17 bits per heavy atom. The van der Waals surface area contributed by atoms with Crippen molar-refractivity contribution in [3.63, 3.8) is 0 Å². The first kappa shape index (κ1) is 20.4. The summed E-state index contributed by atoms with van der Waals surface area (Å²) in [7, 11) is 0. The Kier molecular flexibility index (Phi) is 5.52. The van der Waals surface area contributed by atoms with Crippen LogP contribution in [0.1, 0.15) is 36.0 Å². The molecule has 0 bridgehead atoms. The first-order valence-corrected chi connectivity index (χ1v) is 9.37. The molecule has 3 aromatic rings. The molecule has 3 heterocycles. The SMILES string of the molecule is Cc1nc(Cn2nnc3ccc(C4CCC(OCC(F)(F)F)NC4)cc3c2=O)no1. The number of hydrogen-bond donors (Lipinski definition) is 1. The second kappa shape index (κ2) is 8.11. The van der Waals surface area contributed by atoms with Gasteiger partial charge in [-0.05, 0) is 36.5 Å². The number of fused-ring (bicyclic) bond motifs is 1. The molecule has 1 N–H and O–H groups in total. The zero-order valence-corrected chi connectivity index (χ0v) is 16.0. The molecule has 2 aromatic heterocycles. The molecule has 0 amide bonds. The lowest BCUT2D eigenvalue weighted by molar-refractivity contribution is -0.190. The zero-order valence-electron chi connectivity index (χ0n) is 16.0. The number of nitrogens with one attached hydrogen (secondary N) is 1. The third-order valence-corrected chi connectivity index (χ3v) is 4.90. The number of halogens is 3. The van der Waals surface area contributed by atoms with E-state index in [1.807, 2.05) is 6.07 Å². The molecule has 9 nitrogen and oxygen atoms in total. The van der Waals surface area contributed by atoms with E-state index in [1.165, 1.54) is 0 Å². The summed E-state index contributed by atoms with van der Waals surface area (Å²) in [5.41, 5.74) is 1.02. The van der Waals surface area contributed by atoms with Crippen LogP contribution < -0.4 is 10.9 Å². The van der Waals surface area contributed by atoms with Gasteiger partial charge < -0.3 is 9.26 Å². The number of ether oxygens (including phenoxy) is 1. The lowest BCUT2D eigenvalue weighted by Gasteiger charge is -2.30. The Labute approximate surface area is 168 Å². The summed E-state index contributed by atoms with van der Waals surface area (Å²) >= 11 is 0. The Morgan fingerprint density at radius 3 is 2.83 bits per heavy atom. The van der Waals surface area contributed by atoms with Crippen molar-refractivity contribution in [2.24, 2.45) is 0 Å². The molecule has 1 saturated heterocycles. The maximum Gasteiger partial charge on any atom is 0.411 e. The fraction of sp³-hybridized carbons (Fsp3) is 0.500. The molecule has 1 aromatic carbocycles. The predicted octanol–water partition coefficient (Wildman–Crippen LogP) is 1.90. The predicted molar refractivity (Wildman–Crippen MR) is 97.7 cm³/mol. The molecular weight excluding hydrogens is 405 g/mol. The minimum Gasteiger partial charge on any atom is -0.354 e. The van der Waals surface area contributed by atoms with E-state index in [-0.39, 0.29) is 18.0 Å². The van der Waals surface area contributed by atoms with Gasteiger partial charge in [-0.25, -0.2) is 4.68 Å². The van der Waals surface area contributed by atoms with Crippen LogP contribution in [0.3, 0.4) is 0 Å².